The molecule has 0 aliphatic carbocycles. The molecule has 0 unspecified atom stereocenters. The first-order valence-corrected chi connectivity index (χ1v) is 5.59. The van der Waals surface area contributed by atoms with E-state index in [1.165, 1.54) is 0 Å². The molecule has 1 aromatic heterocycles. The van der Waals surface area contributed by atoms with Crippen LogP contribution in [-0.2, 0) is 6.18 Å². The summed E-state index contributed by atoms with van der Waals surface area (Å²) in [5.41, 5.74) is 5.37. The second-order valence-corrected chi connectivity index (χ2v) is 4.23. The van der Waals surface area contributed by atoms with Crippen molar-refractivity contribution < 1.29 is 13.2 Å². The quantitative estimate of drug-likeness (QED) is 0.875. The minimum Gasteiger partial charge on any atom is -0.396 e. The fourth-order valence-electron chi connectivity index (χ4n) is 1.45. The van der Waals surface area contributed by atoms with Gasteiger partial charge in [0.25, 0.3) is 0 Å². The fourth-order valence-corrected chi connectivity index (χ4v) is 1.64. The molecule has 7 heteroatoms. The van der Waals surface area contributed by atoms with Gasteiger partial charge in [0.05, 0.1) is 17.6 Å². The Morgan fingerprint density at radius 2 is 1.95 bits per heavy atom. The number of hydrogen-bond acceptors (Lipinski definition) is 3. The Bertz CT molecular complexity index is 599. The molecule has 0 saturated heterocycles. The lowest BCUT2D eigenvalue weighted by molar-refractivity contribution is -0.141. The molecule has 0 aliphatic heterocycles. The highest BCUT2D eigenvalue weighted by molar-refractivity contribution is 6.30. The minimum absolute atomic E-state index is 0.118. The molecule has 100 valence electrons. The van der Waals surface area contributed by atoms with Crippen molar-refractivity contribution in [1.29, 1.82) is 0 Å². The third-order valence-electron chi connectivity index (χ3n) is 2.33. The molecular formula is C12H9ClF3N3. The Morgan fingerprint density at radius 1 is 1.21 bits per heavy atom. The third-order valence-corrected chi connectivity index (χ3v) is 2.56. The number of nitrogens with zero attached hydrogens (tertiary/aromatic N) is 1. The Hall–Kier alpha value is -1.95. The SMILES string of the molecule is Nc1cnc(C(F)(F)F)cc1Nc1cccc(Cl)c1. The van der Waals surface area contributed by atoms with E-state index in [-0.39, 0.29) is 11.4 Å². The van der Waals surface area contributed by atoms with Crippen molar-refractivity contribution in [2.75, 3.05) is 11.1 Å². The molecule has 2 aromatic rings. The van der Waals surface area contributed by atoms with Crippen LogP contribution in [-0.4, -0.2) is 4.98 Å². The summed E-state index contributed by atoms with van der Waals surface area (Å²) in [5.74, 6) is 0. The predicted octanol–water partition coefficient (Wildman–Crippen LogP) is 4.08. The van der Waals surface area contributed by atoms with E-state index in [2.05, 4.69) is 10.3 Å². The van der Waals surface area contributed by atoms with E-state index in [1.54, 1.807) is 24.3 Å². The van der Waals surface area contributed by atoms with E-state index in [4.69, 9.17) is 17.3 Å². The number of aromatic nitrogens is 1. The van der Waals surface area contributed by atoms with Crippen LogP contribution in [0.3, 0.4) is 0 Å². The lowest BCUT2D eigenvalue weighted by Crippen LogP contribution is -2.09. The van der Waals surface area contributed by atoms with Crippen LogP contribution in [0, 0.1) is 0 Å². The third kappa shape index (κ3) is 3.29. The van der Waals surface area contributed by atoms with E-state index < -0.39 is 11.9 Å². The molecule has 0 atom stereocenters. The largest absolute Gasteiger partial charge is 0.433 e. The molecule has 0 bridgehead atoms. The van der Waals surface area contributed by atoms with E-state index in [9.17, 15) is 13.2 Å². The maximum Gasteiger partial charge on any atom is 0.433 e. The summed E-state index contributed by atoms with van der Waals surface area (Å²) in [7, 11) is 0. The molecule has 3 N–H and O–H groups in total. The molecule has 0 fully saturated rings. The van der Waals surface area contributed by atoms with Gasteiger partial charge in [0, 0.05) is 10.7 Å². The number of benzene rings is 1. The highest BCUT2D eigenvalue weighted by atomic mass is 35.5. The van der Waals surface area contributed by atoms with Crippen LogP contribution < -0.4 is 11.1 Å². The van der Waals surface area contributed by atoms with Gasteiger partial charge >= 0.3 is 6.18 Å². The van der Waals surface area contributed by atoms with Gasteiger partial charge in [0.2, 0.25) is 0 Å². The second kappa shape index (κ2) is 4.97. The zero-order chi connectivity index (χ0) is 14.0. The molecule has 1 heterocycles. The van der Waals surface area contributed by atoms with Gasteiger partial charge in [-0.2, -0.15) is 13.2 Å². The monoisotopic (exact) mass is 287 g/mol. The average Bonchev–Trinajstić information content (AvgIpc) is 2.30. The van der Waals surface area contributed by atoms with Crippen molar-refractivity contribution in [3.63, 3.8) is 0 Å². The number of hydrogen-bond donors (Lipinski definition) is 2. The van der Waals surface area contributed by atoms with Crippen LogP contribution >= 0.6 is 11.6 Å². The van der Waals surface area contributed by atoms with Crippen molar-refractivity contribution >= 4 is 28.7 Å². The number of alkyl halides is 3. The van der Waals surface area contributed by atoms with Crippen LogP contribution in [0.5, 0.6) is 0 Å². The Kier molecular flexibility index (Phi) is 3.53. The Balaban J connectivity index is 2.34. The zero-order valence-electron chi connectivity index (χ0n) is 9.50. The topological polar surface area (TPSA) is 50.9 Å². The molecule has 0 aliphatic rings. The van der Waals surface area contributed by atoms with Crippen LogP contribution in [0.15, 0.2) is 36.5 Å². The Morgan fingerprint density at radius 3 is 2.58 bits per heavy atom. The summed E-state index contributed by atoms with van der Waals surface area (Å²) < 4.78 is 37.7. The first kappa shape index (κ1) is 13.5. The molecular weight excluding hydrogens is 279 g/mol. The van der Waals surface area contributed by atoms with Crippen molar-refractivity contribution in [2.45, 2.75) is 6.18 Å². The number of nitrogens with two attached hydrogens (primary N) is 1. The summed E-state index contributed by atoms with van der Waals surface area (Å²) in [6, 6.07) is 7.43. The van der Waals surface area contributed by atoms with Gasteiger partial charge in [-0.05, 0) is 24.3 Å². The highest BCUT2D eigenvalue weighted by Crippen LogP contribution is 2.32. The standard InChI is InChI=1S/C12H9ClF3N3/c13-7-2-1-3-8(4-7)19-10-5-11(12(14,15)16)18-6-9(10)17/h1-6H,17H2,(H,18,19). The normalized spacial score (nSPS) is 11.4. The molecule has 2 rings (SSSR count). The molecule has 0 saturated carbocycles. The first-order valence-electron chi connectivity index (χ1n) is 5.21. The summed E-state index contributed by atoms with van der Waals surface area (Å²) in [4.78, 5) is 3.25. The summed E-state index contributed by atoms with van der Waals surface area (Å²) in [6.07, 6.45) is -3.55. The van der Waals surface area contributed by atoms with Crippen LogP contribution in [0.2, 0.25) is 5.02 Å². The van der Waals surface area contributed by atoms with Gasteiger partial charge in [0.15, 0.2) is 0 Å². The lowest BCUT2D eigenvalue weighted by Gasteiger charge is -2.12. The number of rotatable bonds is 2. The zero-order valence-corrected chi connectivity index (χ0v) is 10.3. The maximum absolute atomic E-state index is 12.6. The van der Waals surface area contributed by atoms with Crippen LogP contribution in [0.25, 0.3) is 0 Å². The minimum atomic E-state index is -4.52. The van der Waals surface area contributed by atoms with E-state index in [0.717, 1.165) is 12.3 Å². The van der Waals surface area contributed by atoms with Gasteiger partial charge in [-0.15, -0.1) is 0 Å². The average molecular weight is 288 g/mol. The van der Waals surface area contributed by atoms with Crippen molar-refractivity contribution in [3.8, 4) is 0 Å². The van der Waals surface area contributed by atoms with Crippen LogP contribution in [0.4, 0.5) is 30.2 Å². The summed E-state index contributed by atoms with van der Waals surface area (Å²) in [5, 5.41) is 3.24. The van der Waals surface area contributed by atoms with Crippen molar-refractivity contribution in [2.24, 2.45) is 0 Å². The van der Waals surface area contributed by atoms with Crippen molar-refractivity contribution in [1.82, 2.24) is 4.98 Å². The van der Waals surface area contributed by atoms with E-state index in [0.29, 0.717) is 10.7 Å². The van der Waals surface area contributed by atoms with Gasteiger partial charge in [-0.1, -0.05) is 17.7 Å². The van der Waals surface area contributed by atoms with Gasteiger partial charge < -0.3 is 11.1 Å². The molecule has 0 radical (unpaired) electrons. The van der Waals surface area contributed by atoms with E-state index >= 15 is 0 Å². The molecule has 0 spiro atoms. The molecule has 19 heavy (non-hydrogen) atoms. The van der Waals surface area contributed by atoms with Crippen molar-refractivity contribution in [3.05, 3.63) is 47.2 Å². The van der Waals surface area contributed by atoms with Crippen LogP contribution in [0.1, 0.15) is 5.69 Å². The molecule has 0 amide bonds. The summed E-state index contributed by atoms with van der Waals surface area (Å²) in [6.45, 7) is 0. The van der Waals surface area contributed by atoms with Gasteiger partial charge in [-0.25, -0.2) is 4.98 Å². The van der Waals surface area contributed by atoms with E-state index in [1.807, 2.05) is 0 Å². The fraction of sp³-hybridized carbons (Fsp3) is 0.0833. The summed E-state index contributed by atoms with van der Waals surface area (Å²) >= 11 is 5.79. The van der Waals surface area contributed by atoms with Gasteiger partial charge in [-0.3, -0.25) is 0 Å². The maximum atomic E-state index is 12.6. The number of nitrogens with one attached hydrogen (secondary N) is 1. The second-order valence-electron chi connectivity index (χ2n) is 3.79. The smallest absolute Gasteiger partial charge is 0.396 e. The first-order chi connectivity index (χ1) is 8.86. The number of halogens is 4. The Labute approximate surface area is 112 Å². The number of pyridine rings is 1. The number of anilines is 3. The van der Waals surface area contributed by atoms with Gasteiger partial charge in [0.1, 0.15) is 5.69 Å². The highest BCUT2D eigenvalue weighted by Gasteiger charge is 2.32. The molecule has 3 nitrogen and oxygen atoms in total. The number of nitrogen functional groups attached to an aromatic ring is 1. The predicted molar refractivity (Wildman–Crippen MR) is 68.4 cm³/mol. The lowest BCUT2D eigenvalue weighted by atomic mass is 10.2. The molecule has 1 aromatic carbocycles.